The maximum atomic E-state index is 11.9. The number of carbonyl (C=O) groups is 1. The summed E-state index contributed by atoms with van der Waals surface area (Å²) in [4.78, 5) is 15.9. The predicted octanol–water partition coefficient (Wildman–Crippen LogP) is 4.22. The third-order valence-corrected chi connectivity index (χ3v) is 3.55. The molecule has 1 aromatic heterocycles. The summed E-state index contributed by atoms with van der Waals surface area (Å²) in [6.45, 7) is 2.36. The van der Waals surface area contributed by atoms with Crippen molar-refractivity contribution in [2.45, 2.75) is 32.4 Å². The van der Waals surface area contributed by atoms with Crippen LogP contribution in [-0.2, 0) is 11.4 Å². The maximum Gasteiger partial charge on any atom is 0.241 e. The van der Waals surface area contributed by atoms with Gasteiger partial charge in [0.05, 0.1) is 11.1 Å². The van der Waals surface area contributed by atoms with Crippen molar-refractivity contribution in [3.63, 3.8) is 0 Å². The highest BCUT2D eigenvalue weighted by Gasteiger charge is 2.13. The Kier molecular flexibility index (Phi) is 11.2. The fourth-order valence-corrected chi connectivity index (χ4v) is 2.25. The molecule has 1 aromatic carbocycles. The molecular formula is C17H22Cl3N3O2. The van der Waals surface area contributed by atoms with Crippen molar-refractivity contribution < 1.29 is 9.53 Å². The number of hydrogen-bond acceptors (Lipinski definition) is 4. The highest BCUT2D eigenvalue weighted by Crippen LogP contribution is 2.28. The number of benzene rings is 1. The van der Waals surface area contributed by atoms with Gasteiger partial charge in [-0.1, -0.05) is 31.0 Å². The Balaban J connectivity index is 0.00000288. The lowest BCUT2D eigenvalue weighted by atomic mass is 10.1. The molecule has 2 aromatic rings. The number of carbonyl (C=O) groups excluding carboxylic acids is 1. The zero-order chi connectivity index (χ0) is 16.7. The van der Waals surface area contributed by atoms with E-state index in [-0.39, 0.29) is 30.7 Å². The van der Waals surface area contributed by atoms with Crippen molar-refractivity contribution in [1.82, 2.24) is 4.98 Å². The van der Waals surface area contributed by atoms with Gasteiger partial charge in [0.15, 0.2) is 0 Å². The number of halogens is 3. The molecule has 1 unspecified atom stereocenters. The summed E-state index contributed by atoms with van der Waals surface area (Å²) in [6, 6.07) is 8.36. The number of nitrogens with zero attached hydrogens (tertiary/aromatic N) is 1. The molecule has 2 rings (SSSR count). The fourth-order valence-electron chi connectivity index (χ4n) is 2.02. The number of nitrogens with two attached hydrogens (primary N) is 1. The van der Waals surface area contributed by atoms with Crippen molar-refractivity contribution >= 4 is 48.0 Å². The maximum absolute atomic E-state index is 11.9. The Hall–Kier alpha value is -1.53. The molecule has 0 saturated carbocycles. The fraction of sp³-hybridized carbons (Fsp3) is 0.294. The van der Waals surface area contributed by atoms with Crippen LogP contribution in [0.15, 0.2) is 42.7 Å². The summed E-state index contributed by atoms with van der Waals surface area (Å²) < 4.78 is 5.66. The average molecular weight is 407 g/mol. The normalized spacial score (nSPS) is 10.8. The van der Waals surface area contributed by atoms with E-state index in [1.165, 1.54) is 0 Å². The van der Waals surface area contributed by atoms with Gasteiger partial charge in [0, 0.05) is 23.6 Å². The van der Waals surface area contributed by atoms with Gasteiger partial charge >= 0.3 is 0 Å². The van der Waals surface area contributed by atoms with Gasteiger partial charge in [0.25, 0.3) is 0 Å². The van der Waals surface area contributed by atoms with Crippen LogP contribution < -0.4 is 15.8 Å². The van der Waals surface area contributed by atoms with Gasteiger partial charge in [0.2, 0.25) is 5.91 Å². The quantitative estimate of drug-likeness (QED) is 0.721. The zero-order valence-electron chi connectivity index (χ0n) is 13.8. The Labute approximate surface area is 165 Å². The third-order valence-electron chi connectivity index (χ3n) is 3.25. The second kappa shape index (κ2) is 11.9. The van der Waals surface area contributed by atoms with Crippen molar-refractivity contribution in [3.05, 3.63) is 53.3 Å². The second-order valence-corrected chi connectivity index (χ2v) is 5.59. The van der Waals surface area contributed by atoms with Gasteiger partial charge in [-0.2, -0.15) is 0 Å². The number of rotatable bonds is 7. The third kappa shape index (κ3) is 7.48. The monoisotopic (exact) mass is 405 g/mol. The Morgan fingerprint density at radius 3 is 2.72 bits per heavy atom. The summed E-state index contributed by atoms with van der Waals surface area (Å²) in [6.07, 6.45) is 4.94. The van der Waals surface area contributed by atoms with Gasteiger partial charge < -0.3 is 15.8 Å². The van der Waals surface area contributed by atoms with E-state index in [1.807, 2.05) is 19.1 Å². The van der Waals surface area contributed by atoms with E-state index < -0.39 is 6.04 Å². The minimum atomic E-state index is -0.514. The van der Waals surface area contributed by atoms with Gasteiger partial charge in [-0.25, -0.2) is 0 Å². The van der Waals surface area contributed by atoms with Gasteiger partial charge in [0.1, 0.15) is 12.4 Å². The van der Waals surface area contributed by atoms with E-state index in [0.29, 0.717) is 29.5 Å². The molecule has 0 aliphatic carbocycles. The SMILES string of the molecule is CCCC(N)C(=O)Nc1ccc(OCc2cccnc2)c(Cl)c1.Cl.Cl. The lowest BCUT2D eigenvalue weighted by Crippen LogP contribution is -2.35. The predicted molar refractivity (Wildman–Crippen MR) is 106 cm³/mol. The number of ether oxygens (including phenoxy) is 1. The van der Waals surface area contributed by atoms with Crippen LogP contribution in [0.5, 0.6) is 5.75 Å². The van der Waals surface area contributed by atoms with Crippen LogP contribution in [0.1, 0.15) is 25.3 Å². The molecular weight excluding hydrogens is 385 g/mol. The van der Waals surface area contributed by atoms with E-state index in [0.717, 1.165) is 12.0 Å². The zero-order valence-corrected chi connectivity index (χ0v) is 16.2. The topological polar surface area (TPSA) is 77.2 Å². The summed E-state index contributed by atoms with van der Waals surface area (Å²) >= 11 is 6.20. The summed E-state index contributed by atoms with van der Waals surface area (Å²) in [5, 5.41) is 3.18. The standard InChI is InChI=1S/C17H20ClN3O2.2ClH/c1-2-4-15(19)17(22)21-13-6-7-16(14(18)9-13)23-11-12-5-3-8-20-10-12;;/h3,5-10,15H,2,4,11,19H2,1H3,(H,21,22);2*1H. The number of hydrogen-bond donors (Lipinski definition) is 2. The van der Waals surface area contributed by atoms with E-state index >= 15 is 0 Å². The molecule has 25 heavy (non-hydrogen) atoms. The minimum absolute atomic E-state index is 0. The molecule has 8 heteroatoms. The van der Waals surface area contributed by atoms with Gasteiger partial charge in [-0.15, -0.1) is 24.8 Å². The van der Waals surface area contributed by atoms with Crippen molar-refractivity contribution in [2.24, 2.45) is 5.73 Å². The average Bonchev–Trinajstić information content (AvgIpc) is 2.55. The highest BCUT2D eigenvalue weighted by atomic mass is 35.5. The Morgan fingerprint density at radius 2 is 2.12 bits per heavy atom. The molecule has 138 valence electrons. The molecule has 5 nitrogen and oxygen atoms in total. The first-order chi connectivity index (χ1) is 11.1. The first-order valence-electron chi connectivity index (χ1n) is 7.48. The van der Waals surface area contributed by atoms with Crippen LogP contribution in [0.25, 0.3) is 0 Å². The van der Waals surface area contributed by atoms with Crippen LogP contribution in [0.4, 0.5) is 5.69 Å². The summed E-state index contributed by atoms with van der Waals surface area (Å²) in [7, 11) is 0. The molecule has 1 amide bonds. The van der Waals surface area contributed by atoms with E-state index in [9.17, 15) is 4.79 Å². The molecule has 0 bridgehead atoms. The van der Waals surface area contributed by atoms with Crippen LogP contribution in [0, 0.1) is 0 Å². The van der Waals surface area contributed by atoms with E-state index in [4.69, 9.17) is 22.1 Å². The Morgan fingerprint density at radius 1 is 1.36 bits per heavy atom. The van der Waals surface area contributed by atoms with Crippen LogP contribution in [-0.4, -0.2) is 16.9 Å². The smallest absolute Gasteiger partial charge is 0.241 e. The second-order valence-electron chi connectivity index (χ2n) is 5.18. The molecule has 0 saturated heterocycles. The number of nitrogens with one attached hydrogen (secondary N) is 1. The number of amides is 1. The van der Waals surface area contributed by atoms with Crippen LogP contribution in [0.3, 0.4) is 0 Å². The first kappa shape index (κ1) is 23.5. The Bertz CT molecular complexity index is 657. The molecule has 0 fully saturated rings. The molecule has 1 heterocycles. The first-order valence-corrected chi connectivity index (χ1v) is 7.85. The summed E-state index contributed by atoms with van der Waals surface area (Å²) in [5.41, 5.74) is 7.33. The number of pyridine rings is 1. The van der Waals surface area contributed by atoms with Crippen molar-refractivity contribution in [2.75, 3.05) is 5.32 Å². The van der Waals surface area contributed by atoms with Crippen molar-refractivity contribution in [1.29, 1.82) is 0 Å². The molecule has 0 spiro atoms. The highest BCUT2D eigenvalue weighted by molar-refractivity contribution is 6.32. The van der Waals surface area contributed by atoms with Crippen molar-refractivity contribution in [3.8, 4) is 5.75 Å². The molecule has 1 atom stereocenters. The molecule has 3 N–H and O–H groups in total. The minimum Gasteiger partial charge on any atom is -0.487 e. The van der Waals surface area contributed by atoms with E-state index in [1.54, 1.807) is 30.6 Å². The van der Waals surface area contributed by atoms with Gasteiger partial charge in [-0.3, -0.25) is 9.78 Å². The molecule has 0 aliphatic rings. The van der Waals surface area contributed by atoms with E-state index in [2.05, 4.69) is 10.3 Å². The largest absolute Gasteiger partial charge is 0.487 e. The van der Waals surface area contributed by atoms with Gasteiger partial charge in [-0.05, 0) is 30.7 Å². The van der Waals surface area contributed by atoms with Crippen LogP contribution in [0.2, 0.25) is 5.02 Å². The lowest BCUT2D eigenvalue weighted by Gasteiger charge is -2.13. The summed E-state index contributed by atoms with van der Waals surface area (Å²) in [5.74, 6) is 0.332. The number of anilines is 1. The molecule has 0 aliphatic heterocycles. The van der Waals surface area contributed by atoms with Crippen LogP contribution >= 0.6 is 36.4 Å². The number of aromatic nitrogens is 1. The molecule has 0 radical (unpaired) electrons. The lowest BCUT2D eigenvalue weighted by molar-refractivity contribution is -0.117.